The van der Waals surface area contributed by atoms with E-state index < -0.39 is 10.0 Å². The Morgan fingerprint density at radius 1 is 1.05 bits per heavy atom. The molecule has 0 aromatic heterocycles. The van der Waals surface area contributed by atoms with Crippen molar-refractivity contribution >= 4 is 50.5 Å². The highest BCUT2D eigenvalue weighted by molar-refractivity contribution is 7.92. The average molecular weight is 362 g/mol. The van der Waals surface area contributed by atoms with Crippen molar-refractivity contribution in [2.45, 2.75) is 4.90 Å². The molecule has 0 heterocycles. The lowest BCUT2D eigenvalue weighted by Gasteiger charge is -2.12. The highest BCUT2D eigenvalue weighted by Crippen LogP contribution is 2.35. The van der Waals surface area contributed by atoms with E-state index in [1.165, 1.54) is 30.3 Å². The normalized spacial score (nSPS) is 11.0. The van der Waals surface area contributed by atoms with E-state index >= 15 is 0 Å². The minimum Gasteiger partial charge on any atom is -0.277 e. The van der Waals surface area contributed by atoms with Gasteiger partial charge in [-0.3, -0.25) is 4.72 Å². The highest BCUT2D eigenvalue weighted by Gasteiger charge is 2.21. The van der Waals surface area contributed by atoms with Gasteiger partial charge in [-0.25, -0.2) is 8.42 Å². The van der Waals surface area contributed by atoms with E-state index in [-0.39, 0.29) is 31.2 Å². The van der Waals surface area contributed by atoms with Crippen LogP contribution in [-0.2, 0) is 10.0 Å². The zero-order valence-corrected chi connectivity index (χ0v) is 13.4. The molecular weight excluding hydrogens is 355 g/mol. The Labute approximate surface area is 136 Å². The van der Waals surface area contributed by atoms with Crippen LogP contribution in [0.15, 0.2) is 41.3 Å². The van der Waals surface area contributed by atoms with Gasteiger partial charge in [0.05, 0.1) is 21.3 Å². The van der Waals surface area contributed by atoms with Gasteiger partial charge < -0.3 is 0 Å². The predicted molar refractivity (Wildman–Crippen MR) is 83.4 cm³/mol. The maximum Gasteiger partial charge on any atom is 0.263 e. The molecule has 0 aliphatic rings. The molecule has 0 atom stereocenters. The summed E-state index contributed by atoms with van der Waals surface area (Å²) in [5.74, 6) is 0. The van der Waals surface area contributed by atoms with Crippen molar-refractivity contribution in [2.24, 2.45) is 0 Å². The molecule has 0 unspecified atom stereocenters. The van der Waals surface area contributed by atoms with Gasteiger partial charge in [0, 0.05) is 5.02 Å². The molecule has 0 amide bonds. The summed E-state index contributed by atoms with van der Waals surface area (Å²) < 4.78 is 27.0. The number of benzene rings is 2. The Balaban J connectivity index is 2.51. The summed E-state index contributed by atoms with van der Waals surface area (Å²) >= 11 is 17.7. The largest absolute Gasteiger partial charge is 0.277 e. The number of nitrogens with zero attached hydrogens (tertiary/aromatic N) is 1. The van der Waals surface area contributed by atoms with Gasteiger partial charge in [-0.05, 0) is 24.3 Å². The second kappa shape index (κ2) is 6.12. The maximum absolute atomic E-state index is 12.4. The van der Waals surface area contributed by atoms with Crippen molar-refractivity contribution in [1.82, 2.24) is 0 Å². The van der Waals surface area contributed by atoms with Crippen molar-refractivity contribution in [3.63, 3.8) is 0 Å². The minimum atomic E-state index is -4.00. The number of anilines is 1. The lowest BCUT2D eigenvalue weighted by molar-refractivity contribution is 0.601. The van der Waals surface area contributed by atoms with Gasteiger partial charge in [0.1, 0.15) is 11.0 Å². The van der Waals surface area contributed by atoms with E-state index in [0.29, 0.717) is 0 Å². The summed E-state index contributed by atoms with van der Waals surface area (Å²) in [6.07, 6.45) is 0. The maximum atomic E-state index is 12.4. The molecule has 8 heteroatoms. The average Bonchev–Trinajstić information content (AvgIpc) is 2.43. The molecule has 0 bridgehead atoms. The summed E-state index contributed by atoms with van der Waals surface area (Å²) in [5.41, 5.74) is 0.0293. The van der Waals surface area contributed by atoms with E-state index in [2.05, 4.69) is 4.72 Å². The van der Waals surface area contributed by atoms with Crippen LogP contribution < -0.4 is 4.72 Å². The van der Waals surface area contributed by atoms with E-state index in [9.17, 15) is 8.42 Å². The van der Waals surface area contributed by atoms with Crippen molar-refractivity contribution in [2.75, 3.05) is 4.72 Å². The first-order chi connectivity index (χ1) is 9.85. The number of halogens is 3. The van der Waals surface area contributed by atoms with Crippen LogP contribution in [0.4, 0.5) is 5.69 Å². The van der Waals surface area contributed by atoms with Crippen LogP contribution in [0.2, 0.25) is 15.1 Å². The number of hydrogen-bond donors (Lipinski definition) is 1. The topological polar surface area (TPSA) is 70.0 Å². The van der Waals surface area contributed by atoms with Gasteiger partial charge >= 0.3 is 0 Å². The minimum absolute atomic E-state index is 0.00970. The summed E-state index contributed by atoms with van der Waals surface area (Å²) in [6, 6.07) is 10.4. The predicted octanol–water partition coefficient (Wildman–Crippen LogP) is 4.32. The molecule has 2 aromatic carbocycles. The smallest absolute Gasteiger partial charge is 0.263 e. The van der Waals surface area contributed by atoms with Crippen LogP contribution in [0.25, 0.3) is 0 Å². The second-order valence-corrected chi connectivity index (χ2v) is 6.86. The van der Waals surface area contributed by atoms with Gasteiger partial charge in [-0.1, -0.05) is 46.9 Å². The first kappa shape index (κ1) is 15.9. The molecule has 0 radical (unpaired) electrons. The number of sulfonamides is 1. The third-order valence-corrected chi connectivity index (χ3v) is 4.76. The molecule has 2 rings (SSSR count). The Kier molecular flexibility index (Phi) is 4.64. The molecule has 4 nitrogen and oxygen atoms in total. The molecule has 0 aliphatic carbocycles. The van der Waals surface area contributed by atoms with E-state index in [4.69, 9.17) is 40.1 Å². The van der Waals surface area contributed by atoms with Crippen LogP contribution in [0.1, 0.15) is 5.56 Å². The zero-order valence-electron chi connectivity index (χ0n) is 10.3. The Bertz CT molecular complexity index is 822. The molecule has 0 spiro atoms. The molecule has 2 aromatic rings. The third-order valence-electron chi connectivity index (χ3n) is 2.54. The van der Waals surface area contributed by atoms with Gasteiger partial charge in [0.25, 0.3) is 10.0 Å². The van der Waals surface area contributed by atoms with Crippen molar-refractivity contribution in [3.8, 4) is 6.07 Å². The van der Waals surface area contributed by atoms with E-state index in [0.717, 1.165) is 0 Å². The van der Waals surface area contributed by atoms with Crippen molar-refractivity contribution in [1.29, 1.82) is 5.26 Å². The zero-order chi connectivity index (χ0) is 15.6. The molecule has 0 fully saturated rings. The lowest BCUT2D eigenvalue weighted by atomic mass is 10.2. The summed E-state index contributed by atoms with van der Waals surface area (Å²) in [4.78, 5) is -0.158. The molecule has 0 aliphatic heterocycles. The van der Waals surface area contributed by atoms with Crippen LogP contribution in [0.3, 0.4) is 0 Å². The van der Waals surface area contributed by atoms with E-state index in [1.807, 2.05) is 6.07 Å². The van der Waals surface area contributed by atoms with Crippen LogP contribution in [0, 0.1) is 11.3 Å². The fourth-order valence-corrected chi connectivity index (χ4v) is 3.91. The standard InChI is InChI=1S/C13H7Cl3N2O2S/c14-9-5-10(15)13(11(16)6-9)18-21(19,20)12-4-2-1-3-8(12)7-17/h1-6,18H. The first-order valence-electron chi connectivity index (χ1n) is 5.51. The van der Waals surface area contributed by atoms with Crippen LogP contribution >= 0.6 is 34.8 Å². The monoisotopic (exact) mass is 360 g/mol. The molecule has 0 saturated carbocycles. The highest BCUT2D eigenvalue weighted by atomic mass is 35.5. The van der Waals surface area contributed by atoms with Gasteiger partial charge in [0.2, 0.25) is 0 Å². The quantitative estimate of drug-likeness (QED) is 0.885. The molecule has 21 heavy (non-hydrogen) atoms. The molecule has 0 saturated heterocycles. The third kappa shape index (κ3) is 3.42. The number of hydrogen-bond acceptors (Lipinski definition) is 3. The summed E-state index contributed by atoms with van der Waals surface area (Å²) in [6.45, 7) is 0. The van der Waals surface area contributed by atoms with Gasteiger partial charge in [-0.2, -0.15) is 5.26 Å². The van der Waals surface area contributed by atoms with Gasteiger partial charge in [0.15, 0.2) is 0 Å². The van der Waals surface area contributed by atoms with Crippen LogP contribution in [-0.4, -0.2) is 8.42 Å². The number of rotatable bonds is 3. The Morgan fingerprint density at radius 3 is 2.19 bits per heavy atom. The molecular formula is C13H7Cl3N2O2S. The lowest BCUT2D eigenvalue weighted by Crippen LogP contribution is -2.15. The fourth-order valence-electron chi connectivity index (χ4n) is 1.62. The van der Waals surface area contributed by atoms with Crippen LogP contribution in [0.5, 0.6) is 0 Å². The SMILES string of the molecule is N#Cc1ccccc1S(=O)(=O)Nc1c(Cl)cc(Cl)cc1Cl. The summed E-state index contributed by atoms with van der Waals surface area (Å²) in [7, 11) is -4.00. The molecule has 1 N–H and O–H groups in total. The Morgan fingerprint density at radius 2 is 1.62 bits per heavy atom. The van der Waals surface area contributed by atoms with E-state index in [1.54, 1.807) is 6.07 Å². The van der Waals surface area contributed by atoms with Gasteiger partial charge in [-0.15, -0.1) is 0 Å². The second-order valence-electron chi connectivity index (χ2n) is 3.96. The van der Waals surface area contributed by atoms with Crippen molar-refractivity contribution < 1.29 is 8.42 Å². The molecule has 108 valence electrons. The summed E-state index contributed by atoms with van der Waals surface area (Å²) in [5, 5.41) is 9.39. The first-order valence-corrected chi connectivity index (χ1v) is 8.13. The van der Waals surface area contributed by atoms with Crippen molar-refractivity contribution in [3.05, 3.63) is 57.0 Å². The Hall–Kier alpha value is -1.45. The number of nitrogens with one attached hydrogen (secondary N) is 1. The number of nitriles is 1. The fraction of sp³-hybridized carbons (Fsp3) is 0.